The second kappa shape index (κ2) is 8.07. The van der Waals surface area contributed by atoms with Crippen molar-refractivity contribution in [3.05, 3.63) is 65.7 Å². The molecule has 0 saturated heterocycles. The van der Waals surface area contributed by atoms with Crippen LogP contribution in [0.2, 0.25) is 0 Å². The van der Waals surface area contributed by atoms with Gasteiger partial charge < -0.3 is 4.74 Å². The summed E-state index contributed by atoms with van der Waals surface area (Å²) in [4.78, 5) is 16.9. The summed E-state index contributed by atoms with van der Waals surface area (Å²) < 4.78 is 5.15. The maximum absolute atomic E-state index is 11.7. The first-order chi connectivity index (χ1) is 10.3. The molecule has 21 heavy (non-hydrogen) atoms. The van der Waals surface area contributed by atoms with Gasteiger partial charge in [0.15, 0.2) is 0 Å². The van der Waals surface area contributed by atoms with Crippen LogP contribution < -0.4 is 10.2 Å². The lowest BCUT2D eigenvalue weighted by Crippen LogP contribution is -2.23. The van der Waals surface area contributed by atoms with Gasteiger partial charge in [-0.3, -0.25) is 9.63 Å². The summed E-state index contributed by atoms with van der Waals surface area (Å²) in [7, 11) is 1.63. The van der Waals surface area contributed by atoms with Crippen LogP contribution >= 0.6 is 0 Å². The molecule has 0 aliphatic carbocycles. The maximum atomic E-state index is 11.7. The van der Waals surface area contributed by atoms with Crippen molar-refractivity contribution in [3.63, 3.8) is 0 Å². The Balaban J connectivity index is 1.70. The van der Waals surface area contributed by atoms with Gasteiger partial charge in [0.25, 0.3) is 0 Å². The third kappa shape index (κ3) is 5.28. The van der Waals surface area contributed by atoms with Crippen LogP contribution in [0.5, 0.6) is 5.75 Å². The number of nitrogens with one attached hydrogen (secondary N) is 1. The van der Waals surface area contributed by atoms with E-state index in [-0.39, 0.29) is 5.91 Å². The molecule has 1 amide bonds. The first-order valence-corrected chi connectivity index (χ1v) is 6.85. The molecule has 0 saturated carbocycles. The van der Waals surface area contributed by atoms with Crippen LogP contribution in [0, 0.1) is 0 Å². The normalized spacial score (nSPS) is 10.1. The molecule has 0 unspecified atom stereocenters. The molecular weight excluding hydrogens is 266 g/mol. The van der Waals surface area contributed by atoms with E-state index in [0.29, 0.717) is 19.4 Å². The number of hydrogen-bond donors (Lipinski definition) is 1. The molecule has 0 aliphatic rings. The molecule has 0 spiro atoms. The molecule has 110 valence electrons. The van der Waals surface area contributed by atoms with E-state index < -0.39 is 0 Å². The van der Waals surface area contributed by atoms with Crippen LogP contribution in [0.25, 0.3) is 0 Å². The van der Waals surface area contributed by atoms with E-state index in [1.807, 2.05) is 54.6 Å². The number of carbonyl (C=O) groups is 1. The molecule has 0 fully saturated rings. The quantitative estimate of drug-likeness (QED) is 0.796. The van der Waals surface area contributed by atoms with E-state index in [2.05, 4.69) is 5.48 Å². The molecule has 2 rings (SSSR count). The van der Waals surface area contributed by atoms with Gasteiger partial charge in [-0.15, -0.1) is 0 Å². The Hall–Kier alpha value is -2.33. The monoisotopic (exact) mass is 285 g/mol. The van der Waals surface area contributed by atoms with Gasteiger partial charge in [0.05, 0.1) is 13.7 Å². The Morgan fingerprint density at radius 3 is 2.57 bits per heavy atom. The minimum Gasteiger partial charge on any atom is -0.497 e. The van der Waals surface area contributed by atoms with Crippen molar-refractivity contribution in [1.29, 1.82) is 0 Å². The maximum Gasteiger partial charge on any atom is 0.243 e. The summed E-state index contributed by atoms with van der Waals surface area (Å²) in [5.74, 6) is 0.669. The number of carbonyl (C=O) groups excluding carboxylic acids is 1. The first kappa shape index (κ1) is 15.1. The van der Waals surface area contributed by atoms with Crippen molar-refractivity contribution in [1.82, 2.24) is 5.48 Å². The number of rotatable bonds is 7. The number of amides is 1. The highest BCUT2D eigenvalue weighted by Crippen LogP contribution is 2.13. The van der Waals surface area contributed by atoms with Gasteiger partial charge >= 0.3 is 0 Å². The van der Waals surface area contributed by atoms with Gasteiger partial charge in [-0.1, -0.05) is 42.5 Å². The minimum absolute atomic E-state index is 0.131. The lowest BCUT2D eigenvalue weighted by Gasteiger charge is -2.07. The lowest BCUT2D eigenvalue weighted by molar-refractivity contribution is -0.134. The zero-order valence-electron chi connectivity index (χ0n) is 12.0. The van der Waals surface area contributed by atoms with Gasteiger partial charge in [0.1, 0.15) is 5.75 Å². The number of methoxy groups -OCH3 is 1. The fourth-order valence-corrected chi connectivity index (χ4v) is 1.91. The molecule has 4 nitrogen and oxygen atoms in total. The fraction of sp³-hybridized carbons (Fsp3) is 0.235. The van der Waals surface area contributed by atoms with Crippen molar-refractivity contribution in [2.75, 3.05) is 7.11 Å². The Bertz CT molecular complexity index is 569. The van der Waals surface area contributed by atoms with E-state index >= 15 is 0 Å². The van der Waals surface area contributed by atoms with Gasteiger partial charge in [-0.2, -0.15) is 0 Å². The topological polar surface area (TPSA) is 47.6 Å². The van der Waals surface area contributed by atoms with E-state index in [1.54, 1.807) is 7.11 Å². The molecule has 0 radical (unpaired) electrons. The summed E-state index contributed by atoms with van der Waals surface area (Å²) in [5, 5.41) is 0. The van der Waals surface area contributed by atoms with E-state index in [1.165, 1.54) is 0 Å². The molecule has 1 N–H and O–H groups in total. The molecule has 0 aromatic heterocycles. The van der Waals surface area contributed by atoms with E-state index in [9.17, 15) is 4.79 Å². The molecule has 0 aliphatic heterocycles. The van der Waals surface area contributed by atoms with Crippen LogP contribution in [-0.4, -0.2) is 13.0 Å². The van der Waals surface area contributed by atoms with Gasteiger partial charge in [0, 0.05) is 6.42 Å². The van der Waals surface area contributed by atoms with Crippen LogP contribution in [-0.2, 0) is 22.7 Å². The summed E-state index contributed by atoms with van der Waals surface area (Å²) in [6.45, 7) is 0.367. The third-order valence-electron chi connectivity index (χ3n) is 3.04. The molecular formula is C17H19NO3. The molecule has 0 heterocycles. The summed E-state index contributed by atoms with van der Waals surface area (Å²) in [6.07, 6.45) is 1.03. The van der Waals surface area contributed by atoms with Crippen LogP contribution in [0.3, 0.4) is 0 Å². The van der Waals surface area contributed by atoms with Crippen LogP contribution in [0.1, 0.15) is 17.5 Å². The SMILES string of the molecule is COc1cccc(CCC(=O)NOCc2ccccc2)c1. The summed E-state index contributed by atoms with van der Waals surface area (Å²) in [5.41, 5.74) is 4.54. The molecule has 0 bridgehead atoms. The minimum atomic E-state index is -0.131. The second-order valence-electron chi connectivity index (χ2n) is 4.65. The van der Waals surface area contributed by atoms with Crippen molar-refractivity contribution < 1.29 is 14.4 Å². The number of ether oxygens (including phenoxy) is 1. The van der Waals surface area contributed by atoms with Crippen LogP contribution in [0.15, 0.2) is 54.6 Å². The lowest BCUT2D eigenvalue weighted by atomic mass is 10.1. The van der Waals surface area contributed by atoms with Crippen molar-refractivity contribution in [3.8, 4) is 5.75 Å². The Kier molecular flexibility index (Phi) is 5.79. The summed E-state index contributed by atoms with van der Waals surface area (Å²) >= 11 is 0. The standard InChI is InChI=1S/C17H19NO3/c1-20-16-9-5-8-14(12-16)10-11-17(19)18-21-13-15-6-3-2-4-7-15/h2-9,12H,10-11,13H2,1H3,(H,18,19). The highest BCUT2D eigenvalue weighted by molar-refractivity contribution is 5.75. The van der Waals surface area contributed by atoms with Crippen molar-refractivity contribution in [2.45, 2.75) is 19.4 Å². The highest BCUT2D eigenvalue weighted by atomic mass is 16.6. The largest absolute Gasteiger partial charge is 0.497 e. The predicted octanol–water partition coefficient (Wildman–Crippen LogP) is 2.88. The van der Waals surface area contributed by atoms with Gasteiger partial charge in [0.2, 0.25) is 5.91 Å². The zero-order valence-corrected chi connectivity index (χ0v) is 12.0. The average Bonchev–Trinajstić information content (AvgIpc) is 2.54. The van der Waals surface area contributed by atoms with Gasteiger partial charge in [-0.25, -0.2) is 5.48 Å². The van der Waals surface area contributed by atoms with E-state index in [0.717, 1.165) is 16.9 Å². The number of hydroxylamine groups is 1. The third-order valence-corrected chi connectivity index (χ3v) is 3.04. The number of aryl methyl sites for hydroxylation is 1. The van der Waals surface area contributed by atoms with E-state index in [4.69, 9.17) is 9.57 Å². The smallest absolute Gasteiger partial charge is 0.243 e. The molecule has 2 aromatic carbocycles. The average molecular weight is 285 g/mol. The van der Waals surface area contributed by atoms with Gasteiger partial charge in [-0.05, 0) is 29.7 Å². The summed E-state index contributed by atoms with van der Waals surface area (Å²) in [6, 6.07) is 17.4. The highest BCUT2D eigenvalue weighted by Gasteiger charge is 2.03. The number of hydrogen-bond acceptors (Lipinski definition) is 3. The first-order valence-electron chi connectivity index (χ1n) is 6.85. The Morgan fingerprint density at radius 1 is 1.05 bits per heavy atom. The Morgan fingerprint density at radius 2 is 1.81 bits per heavy atom. The zero-order chi connectivity index (χ0) is 14.9. The fourth-order valence-electron chi connectivity index (χ4n) is 1.91. The predicted molar refractivity (Wildman–Crippen MR) is 80.7 cm³/mol. The van der Waals surface area contributed by atoms with Crippen molar-refractivity contribution >= 4 is 5.91 Å². The Labute approximate surface area is 124 Å². The molecule has 0 atom stereocenters. The van der Waals surface area contributed by atoms with Crippen molar-refractivity contribution in [2.24, 2.45) is 0 Å². The van der Waals surface area contributed by atoms with Crippen LogP contribution in [0.4, 0.5) is 0 Å². The molecule has 2 aromatic rings. The number of benzene rings is 2. The molecule has 4 heteroatoms. The second-order valence-corrected chi connectivity index (χ2v) is 4.65.